The van der Waals surface area contributed by atoms with Crippen molar-refractivity contribution in [2.75, 3.05) is 6.61 Å². The number of hydrogen-bond acceptors (Lipinski definition) is 6. The summed E-state index contributed by atoms with van der Waals surface area (Å²) in [6, 6.07) is 7.36. The lowest BCUT2D eigenvalue weighted by atomic mass is 10.2. The molecule has 114 valence electrons. The first-order valence-corrected chi connectivity index (χ1v) is 6.64. The van der Waals surface area contributed by atoms with Crippen LogP contribution in [0.2, 0.25) is 5.02 Å². The Labute approximate surface area is 130 Å². The lowest BCUT2D eigenvalue weighted by molar-refractivity contribution is -0.386. The third-order valence-corrected chi connectivity index (χ3v) is 2.79. The lowest BCUT2D eigenvalue weighted by Gasteiger charge is -2.09. The van der Waals surface area contributed by atoms with Crippen molar-refractivity contribution in [1.82, 2.24) is 4.98 Å². The zero-order chi connectivity index (χ0) is 16.1. The number of carbonyl (C=O) groups excluding carboxylic acids is 1. The van der Waals surface area contributed by atoms with Crippen LogP contribution < -0.4 is 4.74 Å². The second kappa shape index (κ2) is 6.86. The van der Waals surface area contributed by atoms with Gasteiger partial charge >= 0.3 is 11.7 Å². The summed E-state index contributed by atoms with van der Waals surface area (Å²) in [5.74, 6) is -0.736. The van der Waals surface area contributed by atoms with E-state index in [0.717, 1.165) is 6.07 Å². The van der Waals surface area contributed by atoms with Gasteiger partial charge < -0.3 is 9.47 Å². The number of pyridine rings is 1. The summed E-state index contributed by atoms with van der Waals surface area (Å²) < 4.78 is 10.3. The Morgan fingerprint density at radius 3 is 2.82 bits per heavy atom. The molecular formula is C14H11ClN2O5. The maximum absolute atomic E-state index is 11.9. The van der Waals surface area contributed by atoms with Gasteiger partial charge in [-0.2, -0.15) is 0 Å². The van der Waals surface area contributed by atoms with Crippen LogP contribution in [0.25, 0.3) is 0 Å². The molecule has 0 bridgehead atoms. The van der Waals surface area contributed by atoms with Gasteiger partial charge in [0.1, 0.15) is 11.3 Å². The fourth-order valence-electron chi connectivity index (χ4n) is 1.66. The second-order valence-corrected chi connectivity index (χ2v) is 4.49. The summed E-state index contributed by atoms with van der Waals surface area (Å²) in [5, 5.41) is 11.1. The minimum Gasteiger partial charge on any atom is -0.462 e. The van der Waals surface area contributed by atoms with E-state index in [2.05, 4.69) is 4.98 Å². The van der Waals surface area contributed by atoms with Gasteiger partial charge in [0, 0.05) is 6.07 Å². The average molecular weight is 323 g/mol. The number of carbonyl (C=O) groups is 1. The summed E-state index contributed by atoms with van der Waals surface area (Å²) in [5.41, 5.74) is -0.249. The molecule has 0 saturated carbocycles. The molecule has 0 N–H and O–H groups in total. The molecule has 2 aromatic rings. The molecule has 0 spiro atoms. The van der Waals surface area contributed by atoms with Crippen molar-refractivity contribution in [1.29, 1.82) is 0 Å². The van der Waals surface area contributed by atoms with E-state index >= 15 is 0 Å². The Morgan fingerprint density at radius 2 is 2.14 bits per heavy atom. The maximum atomic E-state index is 11.9. The zero-order valence-electron chi connectivity index (χ0n) is 11.5. The van der Waals surface area contributed by atoms with Crippen molar-refractivity contribution in [3.8, 4) is 11.6 Å². The zero-order valence-corrected chi connectivity index (χ0v) is 12.2. The smallest absolute Gasteiger partial charge is 0.341 e. The molecule has 7 nitrogen and oxygen atoms in total. The van der Waals surface area contributed by atoms with E-state index < -0.39 is 16.6 Å². The minimum absolute atomic E-state index is 0.109. The van der Waals surface area contributed by atoms with Gasteiger partial charge in [0.05, 0.1) is 22.7 Å². The molecule has 8 heteroatoms. The van der Waals surface area contributed by atoms with Gasteiger partial charge in [-0.1, -0.05) is 23.7 Å². The van der Waals surface area contributed by atoms with E-state index in [1.165, 1.54) is 18.3 Å². The molecule has 0 amide bonds. The number of benzene rings is 1. The highest BCUT2D eigenvalue weighted by atomic mass is 35.5. The molecule has 0 saturated heterocycles. The van der Waals surface area contributed by atoms with Crippen LogP contribution in [-0.4, -0.2) is 22.5 Å². The SMILES string of the molecule is CCOC(=O)c1ccccc1Oc1ncc(Cl)cc1[N+](=O)[O-]. The van der Waals surface area contributed by atoms with E-state index in [-0.39, 0.29) is 28.8 Å². The van der Waals surface area contributed by atoms with E-state index in [0.29, 0.717) is 0 Å². The van der Waals surface area contributed by atoms with Gasteiger partial charge in [-0.3, -0.25) is 10.1 Å². The number of aromatic nitrogens is 1. The third-order valence-electron chi connectivity index (χ3n) is 2.58. The molecule has 0 unspecified atom stereocenters. The maximum Gasteiger partial charge on any atom is 0.341 e. The summed E-state index contributed by atoms with van der Waals surface area (Å²) in [7, 11) is 0. The second-order valence-electron chi connectivity index (χ2n) is 4.05. The van der Waals surface area contributed by atoms with Crippen LogP contribution in [0.4, 0.5) is 5.69 Å². The van der Waals surface area contributed by atoms with E-state index in [9.17, 15) is 14.9 Å². The Kier molecular flexibility index (Phi) is 4.90. The van der Waals surface area contributed by atoms with Gasteiger partial charge in [-0.05, 0) is 19.1 Å². The van der Waals surface area contributed by atoms with Gasteiger partial charge in [0.15, 0.2) is 0 Å². The van der Waals surface area contributed by atoms with E-state index in [1.54, 1.807) is 19.1 Å². The molecule has 1 aromatic carbocycles. The molecule has 0 fully saturated rings. The molecule has 0 radical (unpaired) electrons. The highest BCUT2D eigenvalue weighted by Crippen LogP contribution is 2.32. The van der Waals surface area contributed by atoms with Crippen molar-refractivity contribution < 1.29 is 19.2 Å². The van der Waals surface area contributed by atoms with Crippen LogP contribution in [0, 0.1) is 10.1 Å². The molecule has 0 aliphatic carbocycles. The molecule has 2 rings (SSSR count). The van der Waals surface area contributed by atoms with Crippen LogP contribution in [-0.2, 0) is 4.74 Å². The highest BCUT2D eigenvalue weighted by Gasteiger charge is 2.21. The number of esters is 1. The largest absolute Gasteiger partial charge is 0.462 e. The minimum atomic E-state index is -0.665. The molecule has 1 aromatic heterocycles. The Hall–Kier alpha value is -2.67. The first-order chi connectivity index (χ1) is 10.5. The van der Waals surface area contributed by atoms with Crippen molar-refractivity contribution in [2.45, 2.75) is 6.92 Å². The normalized spacial score (nSPS) is 10.1. The lowest BCUT2D eigenvalue weighted by Crippen LogP contribution is -2.07. The van der Waals surface area contributed by atoms with Crippen molar-refractivity contribution >= 4 is 23.3 Å². The number of hydrogen-bond donors (Lipinski definition) is 0. The topological polar surface area (TPSA) is 91.6 Å². The van der Waals surface area contributed by atoms with Crippen molar-refractivity contribution in [2.24, 2.45) is 0 Å². The van der Waals surface area contributed by atoms with Crippen molar-refractivity contribution in [3.05, 3.63) is 57.2 Å². The fraction of sp³-hybridized carbons (Fsp3) is 0.143. The monoisotopic (exact) mass is 322 g/mol. The molecular weight excluding hydrogens is 312 g/mol. The van der Waals surface area contributed by atoms with Crippen LogP contribution in [0.15, 0.2) is 36.5 Å². The highest BCUT2D eigenvalue weighted by molar-refractivity contribution is 6.30. The first-order valence-electron chi connectivity index (χ1n) is 6.27. The van der Waals surface area contributed by atoms with Gasteiger partial charge in [0.2, 0.25) is 0 Å². The first kappa shape index (κ1) is 15.7. The Morgan fingerprint density at radius 1 is 1.41 bits per heavy atom. The standard InChI is InChI=1S/C14H11ClN2O5/c1-2-21-14(18)10-5-3-4-6-12(10)22-13-11(17(19)20)7-9(15)8-16-13/h3-8H,2H2,1H3. The van der Waals surface area contributed by atoms with Crippen LogP contribution in [0.1, 0.15) is 17.3 Å². The molecule has 0 aliphatic heterocycles. The quantitative estimate of drug-likeness (QED) is 0.474. The number of halogens is 1. The molecule has 22 heavy (non-hydrogen) atoms. The molecule has 1 heterocycles. The Bertz CT molecular complexity index is 720. The van der Waals surface area contributed by atoms with Crippen LogP contribution >= 0.6 is 11.6 Å². The molecule has 0 atom stereocenters. The number of rotatable bonds is 5. The van der Waals surface area contributed by atoms with Crippen LogP contribution in [0.5, 0.6) is 11.6 Å². The predicted octanol–water partition coefficient (Wildman–Crippen LogP) is 3.61. The average Bonchev–Trinajstić information content (AvgIpc) is 2.49. The number of ether oxygens (including phenoxy) is 2. The summed E-state index contributed by atoms with van der Waals surface area (Å²) in [6.07, 6.45) is 1.22. The van der Waals surface area contributed by atoms with Crippen LogP contribution in [0.3, 0.4) is 0 Å². The predicted molar refractivity (Wildman–Crippen MR) is 78.4 cm³/mol. The number of nitrogens with zero attached hydrogens (tertiary/aromatic N) is 2. The van der Waals surface area contributed by atoms with E-state index in [1.807, 2.05) is 0 Å². The third kappa shape index (κ3) is 3.50. The molecule has 0 aliphatic rings. The fourth-order valence-corrected chi connectivity index (χ4v) is 1.81. The summed E-state index contributed by atoms with van der Waals surface area (Å²) in [4.78, 5) is 26.0. The van der Waals surface area contributed by atoms with Gasteiger partial charge in [0.25, 0.3) is 5.88 Å². The van der Waals surface area contributed by atoms with Gasteiger partial charge in [-0.15, -0.1) is 0 Å². The Balaban J connectivity index is 2.40. The number of para-hydroxylation sites is 1. The summed E-state index contributed by atoms with van der Waals surface area (Å²) in [6.45, 7) is 1.87. The van der Waals surface area contributed by atoms with Gasteiger partial charge in [-0.25, -0.2) is 9.78 Å². The van der Waals surface area contributed by atoms with Crippen molar-refractivity contribution in [3.63, 3.8) is 0 Å². The van der Waals surface area contributed by atoms with E-state index in [4.69, 9.17) is 21.1 Å². The number of nitro groups is 1. The summed E-state index contributed by atoms with van der Waals surface area (Å²) >= 11 is 5.69.